The predicted molar refractivity (Wildman–Crippen MR) is 111 cm³/mol. The van der Waals surface area contributed by atoms with Gasteiger partial charge in [-0.05, 0) is 25.1 Å². The standard InChI is InChI=1S/C18H23FN4O2.HI/c1-13(25-16-8-4-7-15(19)10-16)11-22-18(20-2)23-12-14-6-5-9-21-17(14)24-3;/h4-10,13H,11-12H2,1-3H3,(H2,20,22,23);1H. The molecule has 0 fully saturated rings. The lowest BCUT2D eigenvalue weighted by Gasteiger charge is -2.18. The van der Waals surface area contributed by atoms with E-state index in [4.69, 9.17) is 9.47 Å². The summed E-state index contributed by atoms with van der Waals surface area (Å²) < 4.78 is 24.1. The number of nitrogens with one attached hydrogen (secondary N) is 2. The first-order chi connectivity index (χ1) is 12.1. The lowest BCUT2D eigenvalue weighted by atomic mass is 10.2. The van der Waals surface area contributed by atoms with Crippen molar-refractivity contribution in [3.8, 4) is 11.6 Å². The molecule has 0 aliphatic carbocycles. The van der Waals surface area contributed by atoms with Crippen LogP contribution in [0.2, 0.25) is 0 Å². The molecule has 2 rings (SSSR count). The van der Waals surface area contributed by atoms with Crippen molar-refractivity contribution in [3.05, 3.63) is 54.0 Å². The quantitative estimate of drug-likeness (QED) is 0.367. The summed E-state index contributed by atoms with van der Waals surface area (Å²) in [5, 5.41) is 6.36. The Morgan fingerprint density at radius 1 is 1.27 bits per heavy atom. The third kappa shape index (κ3) is 7.03. The molecule has 1 aromatic heterocycles. The number of benzene rings is 1. The van der Waals surface area contributed by atoms with Crippen molar-refractivity contribution in [2.45, 2.75) is 19.6 Å². The van der Waals surface area contributed by atoms with Crippen molar-refractivity contribution in [2.24, 2.45) is 4.99 Å². The SMILES string of the molecule is CN=C(NCc1cccnc1OC)NCC(C)Oc1cccc(F)c1.I. The summed E-state index contributed by atoms with van der Waals surface area (Å²) in [6.07, 6.45) is 1.52. The summed E-state index contributed by atoms with van der Waals surface area (Å²) in [6.45, 7) is 2.94. The van der Waals surface area contributed by atoms with Crippen LogP contribution >= 0.6 is 24.0 Å². The highest BCUT2D eigenvalue weighted by atomic mass is 127. The molecule has 0 aliphatic rings. The summed E-state index contributed by atoms with van der Waals surface area (Å²) in [5.74, 6) is 1.38. The van der Waals surface area contributed by atoms with Gasteiger partial charge < -0.3 is 20.1 Å². The van der Waals surface area contributed by atoms with Crippen LogP contribution in [-0.4, -0.2) is 37.7 Å². The second-order valence-corrected chi connectivity index (χ2v) is 5.36. The first-order valence-electron chi connectivity index (χ1n) is 7.97. The molecule has 0 radical (unpaired) electrons. The van der Waals surface area contributed by atoms with Gasteiger partial charge in [0.2, 0.25) is 5.88 Å². The number of rotatable bonds is 7. The van der Waals surface area contributed by atoms with Gasteiger partial charge in [0.05, 0.1) is 13.7 Å². The van der Waals surface area contributed by atoms with Crippen molar-refractivity contribution in [1.29, 1.82) is 0 Å². The number of halogens is 2. The number of guanidine groups is 1. The van der Waals surface area contributed by atoms with E-state index in [0.29, 0.717) is 30.7 Å². The summed E-state index contributed by atoms with van der Waals surface area (Å²) >= 11 is 0. The largest absolute Gasteiger partial charge is 0.489 e. The van der Waals surface area contributed by atoms with E-state index in [2.05, 4.69) is 20.6 Å². The molecule has 26 heavy (non-hydrogen) atoms. The average molecular weight is 474 g/mol. The molecule has 0 amide bonds. The van der Waals surface area contributed by atoms with Crippen LogP contribution in [-0.2, 0) is 6.54 Å². The third-order valence-electron chi connectivity index (χ3n) is 3.40. The van der Waals surface area contributed by atoms with Gasteiger partial charge in [-0.15, -0.1) is 24.0 Å². The molecule has 0 bridgehead atoms. The fourth-order valence-corrected chi connectivity index (χ4v) is 2.20. The van der Waals surface area contributed by atoms with Crippen molar-refractivity contribution in [1.82, 2.24) is 15.6 Å². The Kier molecular flexibility index (Phi) is 9.71. The van der Waals surface area contributed by atoms with Gasteiger partial charge in [0.1, 0.15) is 17.7 Å². The number of aromatic nitrogens is 1. The van der Waals surface area contributed by atoms with E-state index in [1.165, 1.54) is 12.1 Å². The summed E-state index contributed by atoms with van der Waals surface area (Å²) in [6, 6.07) is 9.87. The van der Waals surface area contributed by atoms with Crippen LogP contribution in [0, 0.1) is 5.82 Å². The molecule has 0 aliphatic heterocycles. The number of hydrogen-bond acceptors (Lipinski definition) is 4. The Labute approximate surface area is 170 Å². The minimum absolute atomic E-state index is 0. The van der Waals surface area contributed by atoms with Gasteiger partial charge in [-0.25, -0.2) is 9.37 Å². The van der Waals surface area contributed by atoms with Crippen LogP contribution < -0.4 is 20.1 Å². The van der Waals surface area contributed by atoms with E-state index in [1.807, 2.05) is 19.1 Å². The number of ether oxygens (including phenoxy) is 2. The minimum atomic E-state index is -0.319. The monoisotopic (exact) mass is 474 g/mol. The summed E-state index contributed by atoms with van der Waals surface area (Å²) in [5.41, 5.74) is 0.928. The van der Waals surface area contributed by atoms with E-state index in [1.54, 1.807) is 32.5 Å². The van der Waals surface area contributed by atoms with Gasteiger partial charge in [0.25, 0.3) is 0 Å². The molecule has 1 heterocycles. The molecule has 2 N–H and O–H groups in total. The summed E-state index contributed by atoms with van der Waals surface area (Å²) in [7, 11) is 3.28. The van der Waals surface area contributed by atoms with Gasteiger partial charge >= 0.3 is 0 Å². The zero-order chi connectivity index (χ0) is 18.1. The Morgan fingerprint density at radius 3 is 2.77 bits per heavy atom. The van der Waals surface area contributed by atoms with Crippen LogP contribution in [0.3, 0.4) is 0 Å². The van der Waals surface area contributed by atoms with E-state index in [9.17, 15) is 4.39 Å². The number of hydrogen-bond donors (Lipinski definition) is 2. The Bertz CT molecular complexity index is 715. The maximum Gasteiger partial charge on any atom is 0.218 e. The Hall–Kier alpha value is -2.10. The zero-order valence-corrected chi connectivity index (χ0v) is 17.4. The molecule has 1 aromatic carbocycles. The number of methoxy groups -OCH3 is 1. The van der Waals surface area contributed by atoms with Crippen LogP contribution in [0.5, 0.6) is 11.6 Å². The molecule has 1 unspecified atom stereocenters. The van der Waals surface area contributed by atoms with Gasteiger partial charge in [-0.3, -0.25) is 4.99 Å². The van der Waals surface area contributed by atoms with Crippen molar-refractivity contribution in [3.63, 3.8) is 0 Å². The smallest absolute Gasteiger partial charge is 0.218 e. The van der Waals surface area contributed by atoms with Gasteiger partial charge in [-0.1, -0.05) is 12.1 Å². The topological polar surface area (TPSA) is 67.8 Å². The highest BCUT2D eigenvalue weighted by Crippen LogP contribution is 2.14. The van der Waals surface area contributed by atoms with E-state index < -0.39 is 0 Å². The normalized spacial score (nSPS) is 11.9. The number of aliphatic imine (C=N–C) groups is 1. The molecule has 0 saturated carbocycles. The second-order valence-electron chi connectivity index (χ2n) is 5.36. The lowest BCUT2D eigenvalue weighted by molar-refractivity contribution is 0.223. The van der Waals surface area contributed by atoms with Crippen LogP contribution in [0.15, 0.2) is 47.6 Å². The van der Waals surface area contributed by atoms with E-state index in [-0.39, 0.29) is 35.9 Å². The molecule has 1 atom stereocenters. The van der Waals surface area contributed by atoms with Crippen molar-refractivity contribution < 1.29 is 13.9 Å². The highest BCUT2D eigenvalue weighted by molar-refractivity contribution is 14.0. The fourth-order valence-electron chi connectivity index (χ4n) is 2.20. The Balaban J connectivity index is 0.00000338. The zero-order valence-electron chi connectivity index (χ0n) is 15.0. The van der Waals surface area contributed by atoms with Gasteiger partial charge in [-0.2, -0.15) is 0 Å². The van der Waals surface area contributed by atoms with Gasteiger partial charge in [0.15, 0.2) is 5.96 Å². The first kappa shape index (κ1) is 21.9. The van der Waals surface area contributed by atoms with Crippen LogP contribution in [0.1, 0.15) is 12.5 Å². The van der Waals surface area contributed by atoms with E-state index >= 15 is 0 Å². The fraction of sp³-hybridized carbons (Fsp3) is 0.333. The highest BCUT2D eigenvalue weighted by Gasteiger charge is 2.08. The molecular weight excluding hydrogens is 450 g/mol. The van der Waals surface area contributed by atoms with Crippen LogP contribution in [0.4, 0.5) is 4.39 Å². The second kappa shape index (κ2) is 11.5. The van der Waals surface area contributed by atoms with Crippen molar-refractivity contribution >= 4 is 29.9 Å². The van der Waals surface area contributed by atoms with Gasteiger partial charge in [0, 0.05) is 31.4 Å². The first-order valence-corrected chi connectivity index (χ1v) is 7.97. The summed E-state index contributed by atoms with van der Waals surface area (Å²) in [4.78, 5) is 8.33. The molecule has 2 aromatic rings. The predicted octanol–water partition coefficient (Wildman–Crippen LogP) is 2.98. The lowest BCUT2D eigenvalue weighted by Crippen LogP contribution is -2.41. The molecule has 6 nitrogen and oxygen atoms in total. The van der Waals surface area contributed by atoms with E-state index in [0.717, 1.165) is 5.56 Å². The maximum atomic E-state index is 13.2. The molecule has 8 heteroatoms. The molecular formula is C18H24FIN4O2. The third-order valence-corrected chi connectivity index (χ3v) is 3.40. The maximum absolute atomic E-state index is 13.2. The minimum Gasteiger partial charge on any atom is -0.489 e. The number of pyridine rings is 1. The molecule has 0 saturated heterocycles. The molecule has 0 spiro atoms. The average Bonchev–Trinajstić information content (AvgIpc) is 2.62. The van der Waals surface area contributed by atoms with Crippen molar-refractivity contribution in [2.75, 3.05) is 20.7 Å². The molecule has 142 valence electrons. The number of nitrogens with zero attached hydrogens (tertiary/aromatic N) is 2. The Morgan fingerprint density at radius 2 is 2.08 bits per heavy atom. The van der Waals surface area contributed by atoms with Crippen LogP contribution in [0.25, 0.3) is 0 Å².